The number of aromatic nitrogens is 3. The third-order valence-corrected chi connectivity index (χ3v) is 4.34. The first kappa shape index (κ1) is 12.5. The molecular weight excluding hydrogens is 266 g/mol. The number of amides is 1. The molecule has 1 aromatic carbocycles. The Labute approximate surface area is 122 Å². The van der Waals surface area contributed by atoms with Gasteiger partial charge in [-0.05, 0) is 11.1 Å². The van der Waals surface area contributed by atoms with Crippen LogP contribution in [0.3, 0.4) is 0 Å². The molecule has 0 radical (unpaired) electrons. The minimum Gasteiger partial charge on any atom is -0.333 e. The third-order valence-electron chi connectivity index (χ3n) is 4.34. The fourth-order valence-electron chi connectivity index (χ4n) is 3.19. The van der Waals surface area contributed by atoms with Gasteiger partial charge in [-0.15, -0.1) is 10.2 Å². The summed E-state index contributed by atoms with van der Waals surface area (Å²) in [7, 11) is 0. The van der Waals surface area contributed by atoms with E-state index in [0.29, 0.717) is 13.1 Å². The third kappa shape index (κ3) is 2.12. The largest absolute Gasteiger partial charge is 0.333 e. The Morgan fingerprint density at radius 2 is 2.19 bits per heavy atom. The number of fused-ring (bicyclic) bond motifs is 2. The zero-order chi connectivity index (χ0) is 14.2. The van der Waals surface area contributed by atoms with Gasteiger partial charge in [-0.25, -0.2) is 0 Å². The SMILES string of the molecule is O=C(C1CNCc2ccccc21)N1CCn2cnnc2C1. The second-order valence-electron chi connectivity index (χ2n) is 5.58. The molecule has 0 spiro atoms. The molecule has 1 unspecified atom stereocenters. The Morgan fingerprint density at radius 3 is 3.14 bits per heavy atom. The van der Waals surface area contributed by atoms with Crippen molar-refractivity contribution in [2.75, 3.05) is 13.1 Å². The molecule has 6 heteroatoms. The molecule has 1 amide bonds. The van der Waals surface area contributed by atoms with E-state index in [0.717, 1.165) is 31.0 Å². The fraction of sp³-hybridized carbons (Fsp3) is 0.400. The molecule has 2 aromatic rings. The van der Waals surface area contributed by atoms with Crippen LogP contribution in [0.5, 0.6) is 0 Å². The molecule has 0 fully saturated rings. The van der Waals surface area contributed by atoms with Gasteiger partial charge in [0.05, 0.1) is 12.5 Å². The minimum atomic E-state index is -0.0931. The maximum absolute atomic E-state index is 12.9. The maximum Gasteiger partial charge on any atom is 0.231 e. The number of benzene rings is 1. The topological polar surface area (TPSA) is 63.1 Å². The van der Waals surface area contributed by atoms with Crippen LogP contribution in [0.1, 0.15) is 22.9 Å². The predicted molar refractivity (Wildman–Crippen MR) is 76.3 cm³/mol. The molecule has 4 rings (SSSR count). The van der Waals surface area contributed by atoms with E-state index in [9.17, 15) is 4.79 Å². The lowest BCUT2D eigenvalue weighted by Crippen LogP contribution is -2.44. The first-order valence-corrected chi connectivity index (χ1v) is 7.27. The van der Waals surface area contributed by atoms with Crippen LogP contribution >= 0.6 is 0 Å². The van der Waals surface area contributed by atoms with E-state index in [4.69, 9.17) is 0 Å². The summed E-state index contributed by atoms with van der Waals surface area (Å²) in [4.78, 5) is 14.8. The Hall–Kier alpha value is -2.21. The number of hydrogen-bond donors (Lipinski definition) is 1. The quantitative estimate of drug-likeness (QED) is 0.828. The normalized spacial score (nSPS) is 20.8. The molecule has 3 heterocycles. The van der Waals surface area contributed by atoms with Gasteiger partial charge in [0.1, 0.15) is 6.33 Å². The van der Waals surface area contributed by atoms with E-state index in [2.05, 4.69) is 27.6 Å². The Morgan fingerprint density at radius 1 is 1.29 bits per heavy atom. The Bertz CT molecular complexity index is 680. The molecule has 21 heavy (non-hydrogen) atoms. The summed E-state index contributed by atoms with van der Waals surface area (Å²) in [6.45, 7) is 3.60. The molecule has 1 atom stereocenters. The van der Waals surface area contributed by atoms with Gasteiger partial charge >= 0.3 is 0 Å². The number of hydrogen-bond acceptors (Lipinski definition) is 4. The van der Waals surface area contributed by atoms with Crippen molar-refractivity contribution in [2.45, 2.75) is 25.6 Å². The Balaban J connectivity index is 1.59. The summed E-state index contributed by atoms with van der Waals surface area (Å²) in [6.07, 6.45) is 1.73. The molecule has 2 aliphatic rings. The van der Waals surface area contributed by atoms with Crippen LogP contribution in [0.2, 0.25) is 0 Å². The molecule has 108 valence electrons. The number of carbonyl (C=O) groups is 1. The van der Waals surface area contributed by atoms with Crippen molar-refractivity contribution in [3.05, 3.63) is 47.5 Å². The van der Waals surface area contributed by atoms with Crippen LogP contribution in [0, 0.1) is 0 Å². The Kier molecular flexibility index (Phi) is 2.96. The highest BCUT2D eigenvalue weighted by atomic mass is 16.2. The lowest BCUT2D eigenvalue weighted by molar-refractivity contribution is -0.134. The van der Waals surface area contributed by atoms with Crippen LogP contribution in [0.15, 0.2) is 30.6 Å². The van der Waals surface area contributed by atoms with Crippen molar-refractivity contribution in [3.8, 4) is 0 Å². The molecule has 0 saturated heterocycles. The van der Waals surface area contributed by atoms with Crippen molar-refractivity contribution < 1.29 is 4.79 Å². The van der Waals surface area contributed by atoms with Gasteiger partial charge in [0, 0.05) is 26.2 Å². The lowest BCUT2D eigenvalue weighted by Gasteiger charge is -2.33. The standard InChI is InChI=1S/C15H17N5O/c21-15(19-5-6-20-10-17-18-14(20)9-19)13-8-16-7-11-3-1-2-4-12(11)13/h1-4,10,13,16H,5-9H2. The average molecular weight is 283 g/mol. The van der Waals surface area contributed by atoms with Crippen LogP contribution in [-0.4, -0.2) is 38.7 Å². The highest BCUT2D eigenvalue weighted by molar-refractivity contribution is 5.84. The van der Waals surface area contributed by atoms with Crippen molar-refractivity contribution >= 4 is 5.91 Å². The summed E-state index contributed by atoms with van der Waals surface area (Å²) < 4.78 is 2.01. The van der Waals surface area contributed by atoms with Gasteiger partial charge in [0.25, 0.3) is 0 Å². The highest BCUT2D eigenvalue weighted by Gasteiger charge is 2.31. The van der Waals surface area contributed by atoms with E-state index in [-0.39, 0.29) is 11.8 Å². The molecular formula is C15H17N5O. The van der Waals surface area contributed by atoms with Crippen molar-refractivity contribution in [3.63, 3.8) is 0 Å². The molecule has 0 aliphatic carbocycles. The molecule has 0 saturated carbocycles. The maximum atomic E-state index is 12.9. The van der Waals surface area contributed by atoms with Crippen LogP contribution in [0.25, 0.3) is 0 Å². The highest BCUT2D eigenvalue weighted by Crippen LogP contribution is 2.26. The zero-order valence-corrected chi connectivity index (χ0v) is 11.7. The first-order chi connectivity index (χ1) is 10.3. The smallest absolute Gasteiger partial charge is 0.231 e. The van der Waals surface area contributed by atoms with E-state index in [1.165, 1.54) is 5.56 Å². The van der Waals surface area contributed by atoms with Gasteiger partial charge in [-0.1, -0.05) is 24.3 Å². The number of rotatable bonds is 1. The second-order valence-corrected chi connectivity index (χ2v) is 5.58. The van der Waals surface area contributed by atoms with Crippen molar-refractivity contribution in [1.29, 1.82) is 0 Å². The summed E-state index contributed by atoms with van der Waals surface area (Å²) >= 11 is 0. The molecule has 1 N–H and O–H groups in total. The van der Waals surface area contributed by atoms with E-state index < -0.39 is 0 Å². The van der Waals surface area contributed by atoms with Gasteiger partial charge in [-0.2, -0.15) is 0 Å². The van der Waals surface area contributed by atoms with Crippen LogP contribution in [-0.2, 0) is 24.4 Å². The molecule has 2 aliphatic heterocycles. The second kappa shape index (κ2) is 4.96. The first-order valence-electron chi connectivity index (χ1n) is 7.27. The number of nitrogens with zero attached hydrogens (tertiary/aromatic N) is 4. The lowest BCUT2D eigenvalue weighted by atomic mass is 9.89. The van der Waals surface area contributed by atoms with E-state index in [1.807, 2.05) is 21.6 Å². The zero-order valence-electron chi connectivity index (χ0n) is 11.7. The van der Waals surface area contributed by atoms with Crippen LogP contribution in [0.4, 0.5) is 0 Å². The summed E-state index contributed by atoms with van der Waals surface area (Å²) in [6, 6.07) is 8.20. The van der Waals surface area contributed by atoms with Gasteiger partial charge < -0.3 is 14.8 Å². The average Bonchev–Trinajstić information content (AvgIpc) is 3.01. The van der Waals surface area contributed by atoms with Gasteiger partial charge in [0.2, 0.25) is 5.91 Å². The molecule has 0 bridgehead atoms. The van der Waals surface area contributed by atoms with Crippen LogP contribution < -0.4 is 5.32 Å². The minimum absolute atomic E-state index is 0.0931. The fourth-order valence-corrected chi connectivity index (χ4v) is 3.19. The molecule has 6 nitrogen and oxygen atoms in total. The van der Waals surface area contributed by atoms with E-state index >= 15 is 0 Å². The van der Waals surface area contributed by atoms with E-state index in [1.54, 1.807) is 6.33 Å². The summed E-state index contributed by atoms with van der Waals surface area (Å²) in [5.74, 6) is 0.958. The predicted octanol–water partition coefficient (Wildman–Crippen LogP) is 0.507. The summed E-state index contributed by atoms with van der Waals surface area (Å²) in [5.41, 5.74) is 2.38. The number of nitrogens with one attached hydrogen (secondary N) is 1. The van der Waals surface area contributed by atoms with Crippen molar-refractivity contribution in [1.82, 2.24) is 25.0 Å². The molecule has 1 aromatic heterocycles. The number of carbonyl (C=O) groups excluding carboxylic acids is 1. The monoisotopic (exact) mass is 283 g/mol. The summed E-state index contributed by atoms with van der Waals surface area (Å²) in [5, 5.41) is 11.3. The van der Waals surface area contributed by atoms with Crippen molar-refractivity contribution in [2.24, 2.45) is 0 Å². The van der Waals surface area contributed by atoms with Gasteiger partial charge in [0.15, 0.2) is 5.82 Å². The van der Waals surface area contributed by atoms with Gasteiger partial charge in [-0.3, -0.25) is 4.79 Å².